The Hall–Kier alpha value is -2.74. The Labute approximate surface area is 144 Å². The normalized spacial score (nSPS) is 11.5. The van der Waals surface area contributed by atoms with Crippen LogP contribution in [0.3, 0.4) is 0 Å². The topological polar surface area (TPSA) is 64.0 Å². The number of anilines is 1. The standard InChI is InChI=1S/C17H15F2N3O2S/c1-12-4-2-3-5-13(12)11-22-9-8-17(20-22)21-25(23,24)16-7-6-14(18)10-15(16)19/h2-10H,11H2,1H3,(H,20,21). The highest BCUT2D eigenvalue weighted by molar-refractivity contribution is 7.92. The van der Waals surface area contributed by atoms with Gasteiger partial charge in [0.25, 0.3) is 10.0 Å². The van der Waals surface area contributed by atoms with Crippen LogP contribution in [0.4, 0.5) is 14.6 Å². The van der Waals surface area contributed by atoms with Crippen molar-refractivity contribution in [1.82, 2.24) is 9.78 Å². The molecule has 0 radical (unpaired) electrons. The minimum Gasteiger partial charge on any atom is -0.266 e. The van der Waals surface area contributed by atoms with Crippen LogP contribution in [0.15, 0.2) is 59.6 Å². The van der Waals surface area contributed by atoms with E-state index in [1.165, 1.54) is 6.07 Å². The molecular formula is C17H15F2N3O2S. The molecule has 1 heterocycles. The van der Waals surface area contributed by atoms with Crippen molar-refractivity contribution < 1.29 is 17.2 Å². The molecule has 0 aliphatic heterocycles. The van der Waals surface area contributed by atoms with Crippen LogP contribution in [0, 0.1) is 18.6 Å². The molecule has 0 aliphatic rings. The molecular weight excluding hydrogens is 348 g/mol. The largest absolute Gasteiger partial charge is 0.266 e. The third kappa shape index (κ3) is 3.85. The Morgan fingerprint density at radius 1 is 1.12 bits per heavy atom. The Balaban J connectivity index is 1.80. The van der Waals surface area contributed by atoms with Crippen molar-refractivity contribution in [1.29, 1.82) is 0 Å². The molecule has 0 amide bonds. The summed E-state index contributed by atoms with van der Waals surface area (Å²) >= 11 is 0. The van der Waals surface area contributed by atoms with Gasteiger partial charge in [-0.05, 0) is 30.2 Å². The van der Waals surface area contributed by atoms with Gasteiger partial charge in [-0.3, -0.25) is 9.40 Å². The van der Waals surface area contributed by atoms with Crippen LogP contribution in [-0.2, 0) is 16.6 Å². The van der Waals surface area contributed by atoms with Crippen molar-refractivity contribution in [3.63, 3.8) is 0 Å². The zero-order valence-corrected chi connectivity index (χ0v) is 14.1. The highest BCUT2D eigenvalue weighted by Crippen LogP contribution is 2.19. The number of hydrogen-bond donors (Lipinski definition) is 1. The van der Waals surface area contributed by atoms with E-state index in [1.807, 2.05) is 31.2 Å². The first-order chi connectivity index (χ1) is 11.8. The number of nitrogens with one attached hydrogen (secondary N) is 1. The third-order valence-electron chi connectivity index (χ3n) is 3.66. The van der Waals surface area contributed by atoms with E-state index in [-0.39, 0.29) is 5.82 Å². The number of sulfonamides is 1. The number of halogens is 2. The van der Waals surface area contributed by atoms with E-state index in [4.69, 9.17) is 0 Å². The number of benzene rings is 2. The average Bonchev–Trinajstić information content (AvgIpc) is 2.95. The van der Waals surface area contributed by atoms with Crippen molar-refractivity contribution in [3.8, 4) is 0 Å². The number of aryl methyl sites for hydroxylation is 1. The number of nitrogens with zero attached hydrogens (tertiary/aromatic N) is 2. The second-order valence-electron chi connectivity index (χ2n) is 5.51. The maximum Gasteiger partial charge on any atom is 0.266 e. The first-order valence-corrected chi connectivity index (χ1v) is 8.89. The van der Waals surface area contributed by atoms with Crippen LogP contribution in [0.25, 0.3) is 0 Å². The van der Waals surface area contributed by atoms with Crippen LogP contribution in [-0.4, -0.2) is 18.2 Å². The fourth-order valence-corrected chi connectivity index (χ4v) is 3.41. The molecule has 8 heteroatoms. The molecule has 0 fully saturated rings. The van der Waals surface area contributed by atoms with Crippen LogP contribution in [0.2, 0.25) is 0 Å². The predicted molar refractivity (Wildman–Crippen MR) is 89.7 cm³/mol. The van der Waals surface area contributed by atoms with Crippen molar-refractivity contribution in [2.45, 2.75) is 18.4 Å². The highest BCUT2D eigenvalue weighted by Gasteiger charge is 2.20. The van der Waals surface area contributed by atoms with E-state index in [0.717, 1.165) is 23.3 Å². The van der Waals surface area contributed by atoms with E-state index in [2.05, 4.69) is 9.82 Å². The zero-order valence-electron chi connectivity index (χ0n) is 13.3. The second kappa shape index (κ2) is 6.64. The van der Waals surface area contributed by atoms with Gasteiger partial charge in [-0.2, -0.15) is 5.10 Å². The van der Waals surface area contributed by atoms with Crippen molar-refractivity contribution in [3.05, 3.63) is 77.5 Å². The smallest absolute Gasteiger partial charge is 0.266 e. The molecule has 0 bridgehead atoms. The van der Waals surface area contributed by atoms with E-state index in [9.17, 15) is 17.2 Å². The highest BCUT2D eigenvalue weighted by atomic mass is 32.2. The molecule has 130 valence electrons. The molecule has 1 N–H and O–H groups in total. The minimum absolute atomic E-state index is 0.0531. The van der Waals surface area contributed by atoms with Gasteiger partial charge >= 0.3 is 0 Å². The molecule has 0 saturated heterocycles. The lowest BCUT2D eigenvalue weighted by atomic mass is 10.1. The van der Waals surface area contributed by atoms with Gasteiger partial charge in [0.2, 0.25) is 0 Å². The SMILES string of the molecule is Cc1ccccc1Cn1ccc(NS(=O)(=O)c2ccc(F)cc2F)n1. The number of hydrogen-bond acceptors (Lipinski definition) is 3. The van der Waals surface area contributed by atoms with Crippen molar-refractivity contribution in [2.75, 3.05) is 4.72 Å². The van der Waals surface area contributed by atoms with Crippen molar-refractivity contribution in [2.24, 2.45) is 0 Å². The summed E-state index contributed by atoms with van der Waals surface area (Å²) in [6.45, 7) is 2.44. The van der Waals surface area contributed by atoms with Crippen LogP contribution in [0.5, 0.6) is 0 Å². The molecule has 0 aliphatic carbocycles. The predicted octanol–water partition coefficient (Wildman–Crippen LogP) is 3.32. The van der Waals surface area contributed by atoms with Crippen LogP contribution >= 0.6 is 0 Å². The van der Waals surface area contributed by atoms with Crippen LogP contribution in [0.1, 0.15) is 11.1 Å². The molecule has 5 nitrogen and oxygen atoms in total. The van der Waals surface area contributed by atoms with Crippen molar-refractivity contribution >= 4 is 15.8 Å². The van der Waals surface area contributed by atoms with Gasteiger partial charge in [0.05, 0.1) is 6.54 Å². The molecule has 25 heavy (non-hydrogen) atoms. The number of rotatable bonds is 5. The maximum atomic E-state index is 13.7. The molecule has 0 atom stereocenters. The minimum atomic E-state index is -4.20. The summed E-state index contributed by atoms with van der Waals surface area (Å²) in [7, 11) is -4.20. The molecule has 0 unspecified atom stereocenters. The van der Waals surface area contributed by atoms with Gasteiger partial charge < -0.3 is 0 Å². The fourth-order valence-electron chi connectivity index (χ4n) is 2.35. The summed E-state index contributed by atoms with van der Waals surface area (Å²) in [6.07, 6.45) is 1.62. The second-order valence-corrected chi connectivity index (χ2v) is 7.16. The monoisotopic (exact) mass is 363 g/mol. The Morgan fingerprint density at radius 2 is 1.88 bits per heavy atom. The van der Waals surface area contributed by atoms with Gasteiger partial charge in [0.1, 0.15) is 16.5 Å². The lowest BCUT2D eigenvalue weighted by Gasteiger charge is -2.07. The molecule has 0 spiro atoms. The third-order valence-corrected chi connectivity index (χ3v) is 5.04. The summed E-state index contributed by atoms with van der Waals surface area (Å²) < 4.78 is 54.9. The Kier molecular flexibility index (Phi) is 4.54. The lowest BCUT2D eigenvalue weighted by molar-refractivity contribution is 0.551. The summed E-state index contributed by atoms with van der Waals surface area (Å²) in [4.78, 5) is -0.637. The zero-order chi connectivity index (χ0) is 18.0. The van der Waals surface area contributed by atoms with Gasteiger partial charge in [-0.1, -0.05) is 24.3 Å². The van der Waals surface area contributed by atoms with Gasteiger partial charge in [0, 0.05) is 18.3 Å². The van der Waals surface area contributed by atoms with Gasteiger partial charge in [-0.15, -0.1) is 0 Å². The summed E-state index contributed by atoms with van der Waals surface area (Å²) in [5, 5.41) is 4.13. The van der Waals surface area contributed by atoms with E-state index in [1.54, 1.807) is 10.9 Å². The molecule has 0 saturated carbocycles. The van der Waals surface area contributed by atoms with E-state index >= 15 is 0 Å². The van der Waals surface area contributed by atoms with Gasteiger partial charge in [-0.25, -0.2) is 17.2 Å². The molecule has 2 aromatic carbocycles. The Morgan fingerprint density at radius 3 is 2.60 bits per heavy atom. The van der Waals surface area contributed by atoms with E-state index < -0.39 is 26.6 Å². The molecule has 1 aromatic heterocycles. The van der Waals surface area contributed by atoms with E-state index in [0.29, 0.717) is 12.6 Å². The molecule has 3 aromatic rings. The molecule has 3 rings (SSSR count). The lowest BCUT2D eigenvalue weighted by Crippen LogP contribution is -2.15. The summed E-state index contributed by atoms with van der Waals surface area (Å²) in [6, 6.07) is 11.5. The summed E-state index contributed by atoms with van der Waals surface area (Å²) in [5.41, 5.74) is 2.14. The first-order valence-electron chi connectivity index (χ1n) is 7.41. The maximum absolute atomic E-state index is 13.7. The van der Waals surface area contributed by atoms with Gasteiger partial charge in [0.15, 0.2) is 5.82 Å². The first kappa shape index (κ1) is 17.1. The quantitative estimate of drug-likeness (QED) is 0.756. The number of aromatic nitrogens is 2. The fraction of sp³-hybridized carbons (Fsp3) is 0.118. The summed E-state index contributed by atoms with van der Waals surface area (Å²) in [5.74, 6) is -1.96. The Bertz CT molecular complexity index is 1020. The average molecular weight is 363 g/mol. The van der Waals surface area contributed by atoms with Crippen LogP contribution < -0.4 is 4.72 Å².